The fourth-order valence-corrected chi connectivity index (χ4v) is 3.00. The summed E-state index contributed by atoms with van der Waals surface area (Å²) in [6.45, 7) is 6.35. The molecule has 4 nitrogen and oxygen atoms in total. The Morgan fingerprint density at radius 1 is 1.25 bits per heavy atom. The fraction of sp³-hybridized carbons (Fsp3) is 0.625. The van der Waals surface area contributed by atoms with Crippen molar-refractivity contribution in [1.82, 2.24) is 10.2 Å². The van der Waals surface area contributed by atoms with Crippen LogP contribution in [0.4, 0.5) is 0 Å². The maximum Gasteiger partial charge on any atom is 0.0607 e. The summed E-state index contributed by atoms with van der Waals surface area (Å²) in [6.07, 6.45) is 1.02. The zero-order valence-electron chi connectivity index (χ0n) is 12.4. The number of rotatable bonds is 6. The van der Waals surface area contributed by atoms with Crippen LogP contribution in [0.1, 0.15) is 25.8 Å². The van der Waals surface area contributed by atoms with Crippen molar-refractivity contribution in [3.05, 3.63) is 35.9 Å². The Balaban J connectivity index is 1.97. The van der Waals surface area contributed by atoms with Gasteiger partial charge in [-0.15, -0.1) is 0 Å². The molecule has 0 saturated carbocycles. The van der Waals surface area contributed by atoms with Crippen molar-refractivity contribution < 1.29 is 10.2 Å². The van der Waals surface area contributed by atoms with Gasteiger partial charge in [-0.05, 0) is 25.8 Å². The smallest absolute Gasteiger partial charge is 0.0607 e. The molecule has 112 valence electrons. The van der Waals surface area contributed by atoms with Crippen molar-refractivity contribution in [2.24, 2.45) is 0 Å². The van der Waals surface area contributed by atoms with Gasteiger partial charge < -0.3 is 15.5 Å². The number of aliphatic hydroxyl groups is 2. The molecule has 1 aliphatic heterocycles. The summed E-state index contributed by atoms with van der Waals surface area (Å²) < 4.78 is 0. The van der Waals surface area contributed by atoms with E-state index in [1.165, 1.54) is 5.56 Å². The van der Waals surface area contributed by atoms with E-state index >= 15 is 0 Å². The first kappa shape index (κ1) is 15.4. The predicted molar refractivity (Wildman–Crippen MR) is 80.4 cm³/mol. The maximum atomic E-state index is 9.18. The summed E-state index contributed by atoms with van der Waals surface area (Å²) in [5, 5.41) is 21.7. The van der Waals surface area contributed by atoms with Crippen molar-refractivity contribution in [2.45, 2.75) is 44.4 Å². The quantitative estimate of drug-likeness (QED) is 0.726. The maximum absolute atomic E-state index is 9.18. The molecule has 1 aromatic rings. The third-order valence-corrected chi connectivity index (χ3v) is 4.17. The highest BCUT2D eigenvalue weighted by atomic mass is 16.3. The number of nitrogens with one attached hydrogen (secondary N) is 1. The predicted octanol–water partition coefficient (Wildman–Crippen LogP) is 0.982. The number of benzene rings is 1. The van der Waals surface area contributed by atoms with Crippen molar-refractivity contribution in [1.29, 1.82) is 0 Å². The molecule has 0 radical (unpaired) electrons. The van der Waals surface area contributed by atoms with Gasteiger partial charge in [0.2, 0.25) is 0 Å². The van der Waals surface area contributed by atoms with Crippen LogP contribution in [0.3, 0.4) is 0 Å². The number of aliphatic hydroxyl groups excluding tert-OH is 2. The molecule has 1 aromatic carbocycles. The zero-order valence-corrected chi connectivity index (χ0v) is 12.4. The lowest BCUT2D eigenvalue weighted by Gasteiger charge is -2.31. The van der Waals surface area contributed by atoms with Gasteiger partial charge in [-0.25, -0.2) is 0 Å². The van der Waals surface area contributed by atoms with Gasteiger partial charge in [-0.2, -0.15) is 0 Å². The van der Waals surface area contributed by atoms with Gasteiger partial charge in [-0.1, -0.05) is 30.3 Å². The molecule has 1 saturated heterocycles. The minimum absolute atomic E-state index is 0.0217. The summed E-state index contributed by atoms with van der Waals surface area (Å²) in [7, 11) is 0. The number of likely N-dealkylation sites (tertiary alicyclic amines) is 1. The second-order valence-corrected chi connectivity index (χ2v) is 6.31. The van der Waals surface area contributed by atoms with E-state index in [-0.39, 0.29) is 24.8 Å². The first-order chi connectivity index (χ1) is 9.55. The van der Waals surface area contributed by atoms with Crippen molar-refractivity contribution in [2.75, 3.05) is 19.8 Å². The molecular formula is C16H26N2O2. The lowest BCUT2D eigenvalue weighted by atomic mass is 9.99. The van der Waals surface area contributed by atoms with Crippen LogP contribution in [0.15, 0.2) is 30.3 Å². The van der Waals surface area contributed by atoms with E-state index in [1.54, 1.807) is 0 Å². The van der Waals surface area contributed by atoms with Crippen LogP contribution >= 0.6 is 0 Å². The standard InChI is InChI=1S/C16H26N2O2/c1-16(2)8-14(17-15(11-19)12-20)10-18(16)9-13-6-4-3-5-7-13/h3-7,14-15,17,19-20H,8-12H2,1-2H3/t14-/m0/s1. The van der Waals surface area contributed by atoms with E-state index in [2.05, 4.69) is 48.3 Å². The average molecular weight is 278 g/mol. The van der Waals surface area contributed by atoms with Gasteiger partial charge in [0.25, 0.3) is 0 Å². The lowest BCUT2D eigenvalue weighted by molar-refractivity contribution is 0.158. The summed E-state index contributed by atoms with van der Waals surface area (Å²) >= 11 is 0. The fourth-order valence-electron chi connectivity index (χ4n) is 3.00. The van der Waals surface area contributed by atoms with Crippen LogP contribution < -0.4 is 5.32 Å². The number of hydrogen-bond donors (Lipinski definition) is 3. The molecule has 0 bridgehead atoms. The minimum Gasteiger partial charge on any atom is -0.395 e. The molecule has 1 heterocycles. The molecule has 0 spiro atoms. The highest BCUT2D eigenvalue weighted by molar-refractivity contribution is 5.15. The van der Waals surface area contributed by atoms with E-state index in [0.717, 1.165) is 19.5 Å². The third-order valence-electron chi connectivity index (χ3n) is 4.17. The van der Waals surface area contributed by atoms with Crippen LogP contribution in [0.2, 0.25) is 0 Å². The molecule has 0 amide bonds. The highest BCUT2D eigenvalue weighted by Gasteiger charge is 2.38. The monoisotopic (exact) mass is 278 g/mol. The normalized spacial score (nSPS) is 22.6. The Morgan fingerprint density at radius 3 is 2.50 bits per heavy atom. The van der Waals surface area contributed by atoms with Crippen LogP contribution in [0.5, 0.6) is 0 Å². The Morgan fingerprint density at radius 2 is 1.90 bits per heavy atom. The number of hydrogen-bond acceptors (Lipinski definition) is 4. The minimum atomic E-state index is -0.215. The van der Waals surface area contributed by atoms with E-state index in [4.69, 9.17) is 0 Å². The van der Waals surface area contributed by atoms with Crippen LogP contribution in [-0.2, 0) is 6.54 Å². The molecule has 2 rings (SSSR count). The molecule has 1 atom stereocenters. The molecule has 0 aliphatic carbocycles. The molecule has 4 heteroatoms. The third kappa shape index (κ3) is 3.79. The second kappa shape index (κ2) is 6.68. The molecule has 0 unspecified atom stereocenters. The van der Waals surface area contributed by atoms with E-state index in [9.17, 15) is 10.2 Å². The van der Waals surface area contributed by atoms with Crippen LogP contribution in [0, 0.1) is 0 Å². The second-order valence-electron chi connectivity index (χ2n) is 6.31. The summed E-state index contributed by atoms with van der Waals surface area (Å²) in [6, 6.07) is 10.6. The van der Waals surface area contributed by atoms with Gasteiger partial charge in [0.05, 0.1) is 19.3 Å². The average Bonchev–Trinajstić information content (AvgIpc) is 2.71. The molecule has 20 heavy (non-hydrogen) atoms. The van der Waals surface area contributed by atoms with Crippen LogP contribution in [0.25, 0.3) is 0 Å². The Kier molecular flexibility index (Phi) is 5.16. The highest BCUT2D eigenvalue weighted by Crippen LogP contribution is 2.30. The number of nitrogens with zero attached hydrogens (tertiary/aromatic N) is 1. The molecular weight excluding hydrogens is 252 g/mol. The largest absolute Gasteiger partial charge is 0.395 e. The topological polar surface area (TPSA) is 55.7 Å². The van der Waals surface area contributed by atoms with E-state index in [1.807, 2.05) is 6.07 Å². The first-order valence-electron chi connectivity index (χ1n) is 7.32. The van der Waals surface area contributed by atoms with Crippen LogP contribution in [-0.4, -0.2) is 52.5 Å². The van der Waals surface area contributed by atoms with Gasteiger partial charge >= 0.3 is 0 Å². The first-order valence-corrected chi connectivity index (χ1v) is 7.32. The summed E-state index contributed by atoms with van der Waals surface area (Å²) in [4.78, 5) is 2.46. The van der Waals surface area contributed by atoms with E-state index < -0.39 is 0 Å². The Labute approximate surface area is 121 Å². The van der Waals surface area contributed by atoms with Crippen molar-refractivity contribution in [3.8, 4) is 0 Å². The molecule has 3 N–H and O–H groups in total. The van der Waals surface area contributed by atoms with Gasteiger partial charge in [-0.3, -0.25) is 4.90 Å². The summed E-state index contributed by atoms with van der Waals surface area (Å²) in [5.74, 6) is 0. The Hall–Kier alpha value is -0.940. The van der Waals surface area contributed by atoms with Gasteiger partial charge in [0.1, 0.15) is 0 Å². The molecule has 1 fully saturated rings. The van der Waals surface area contributed by atoms with Gasteiger partial charge in [0, 0.05) is 24.7 Å². The molecule has 0 aromatic heterocycles. The van der Waals surface area contributed by atoms with E-state index in [0.29, 0.717) is 6.04 Å². The van der Waals surface area contributed by atoms with Crippen molar-refractivity contribution in [3.63, 3.8) is 0 Å². The SMILES string of the molecule is CC1(C)C[C@H](NC(CO)CO)CN1Cc1ccccc1. The van der Waals surface area contributed by atoms with Gasteiger partial charge in [0.15, 0.2) is 0 Å². The zero-order chi connectivity index (χ0) is 14.6. The lowest BCUT2D eigenvalue weighted by Crippen LogP contribution is -2.44. The Bertz CT molecular complexity index is 404. The summed E-state index contributed by atoms with van der Waals surface area (Å²) in [5.41, 5.74) is 1.45. The molecule has 1 aliphatic rings. The van der Waals surface area contributed by atoms with Crippen molar-refractivity contribution >= 4 is 0 Å².